The van der Waals surface area contributed by atoms with Crippen LogP contribution in [0.25, 0.3) is 0 Å². The van der Waals surface area contributed by atoms with Crippen LogP contribution in [0, 0.1) is 17.0 Å². The molecule has 1 fully saturated rings. The first-order chi connectivity index (χ1) is 9.47. The summed E-state index contributed by atoms with van der Waals surface area (Å²) in [6.07, 6.45) is 0.335. The van der Waals surface area contributed by atoms with Crippen LogP contribution in [0.1, 0.15) is 18.4 Å². The van der Waals surface area contributed by atoms with Crippen molar-refractivity contribution < 1.29 is 19.6 Å². The molecule has 0 aromatic heterocycles. The average Bonchev–Trinajstić information content (AvgIpc) is 2.86. The van der Waals surface area contributed by atoms with Crippen LogP contribution in [0.2, 0.25) is 0 Å². The van der Waals surface area contributed by atoms with Crippen LogP contribution >= 0.6 is 0 Å². The van der Waals surface area contributed by atoms with Gasteiger partial charge in [0.2, 0.25) is 0 Å². The Morgan fingerprint density at radius 3 is 2.85 bits per heavy atom. The molecule has 0 saturated carbocycles. The lowest BCUT2D eigenvalue weighted by Gasteiger charge is -2.14. The van der Waals surface area contributed by atoms with Gasteiger partial charge < -0.3 is 15.2 Å². The number of ether oxygens (including phenoxy) is 1. The van der Waals surface area contributed by atoms with Crippen LogP contribution < -0.4 is 5.32 Å². The van der Waals surface area contributed by atoms with Gasteiger partial charge in [-0.15, -0.1) is 0 Å². The van der Waals surface area contributed by atoms with Crippen molar-refractivity contribution in [2.45, 2.75) is 32.0 Å². The number of aryl methyl sites for hydroxylation is 1. The molecule has 2 N–H and O–H groups in total. The molecule has 7 nitrogen and oxygen atoms in total. The standard InChI is InChI=1S/C13H16N2O5/c1-8-6-9(15(18)19)2-4-11(8)14-7-10-3-5-12(20-10)13(16)17/h2,4,6,10,12,14H,3,5,7H2,1H3,(H,16,17). The number of nitro groups is 1. The van der Waals surface area contributed by atoms with E-state index in [1.165, 1.54) is 12.1 Å². The SMILES string of the molecule is Cc1cc([N+](=O)[O-])ccc1NCC1CCC(C(=O)O)O1. The maximum Gasteiger partial charge on any atom is 0.332 e. The molecule has 1 aromatic rings. The highest BCUT2D eigenvalue weighted by Crippen LogP contribution is 2.23. The van der Waals surface area contributed by atoms with Gasteiger partial charge >= 0.3 is 5.97 Å². The van der Waals surface area contributed by atoms with Crippen LogP contribution in [0.3, 0.4) is 0 Å². The molecule has 1 aromatic carbocycles. The van der Waals surface area contributed by atoms with Crippen LogP contribution in [0.15, 0.2) is 18.2 Å². The van der Waals surface area contributed by atoms with Gasteiger partial charge in [-0.05, 0) is 31.4 Å². The number of rotatable bonds is 5. The van der Waals surface area contributed by atoms with Crippen molar-refractivity contribution in [1.82, 2.24) is 0 Å². The van der Waals surface area contributed by atoms with E-state index in [0.717, 1.165) is 11.3 Å². The van der Waals surface area contributed by atoms with E-state index in [-0.39, 0.29) is 11.8 Å². The van der Waals surface area contributed by atoms with Gasteiger partial charge in [0.1, 0.15) is 0 Å². The number of carboxylic acids is 1. The molecule has 20 heavy (non-hydrogen) atoms. The molecule has 7 heteroatoms. The molecule has 0 radical (unpaired) electrons. The van der Waals surface area contributed by atoms with Crippen molar-refractivity contribution in [3.63, 3.8) is 0 Å². The number of hydrogen-bond donors (Lipinski definition) is 2. The fourth-order valence-corrected chi connectivity index (χ4v) is 2.22. The summed E-state index contributed by atoms with van der Waals surface area (Å²) in [6.45, 7) is 2.27. The summed E-state index contributed by atoms with van der Waals surface area (Å²) >= 11 is 0. The molecule has 0 amide bonds. The van der Waals surface area contributed by atoms with Gasteiger partial charge in [0, 0.05) is 24.4 Å². The van der Waals surface area contributed by atoms with E-state index in [9.17, 15) is 14.9 Å². The molecule has 1 heterocycles. The molecule has 1 aliphatic heterocycles. The summed E-state index contributed by atoms with van der Waals surface area (Å²) in [7, 11) is 0. The quantitative estimate of drug-likeness (QED) is 0.631. The van der Waals surface area contributed by atoms with Crippen molar-refractivity contribution in [2.24, 2.45) is 0 Å². The molecule has 2 rings (SSSR count). The van der Waals surface area contributed by atoms with Crippen LogP contribution in [0.5, 0.6) is 0 Å². The predicted octanol–water partition coefficient (Wildman–Crippen LogP) is 1.95. The first-order valence-corrected chi connectivity index (χ1v) is 6.34. The monoisotopic (exact) mass is 280 g/mol. The fourth-order valence-electron chi connectivity index (χ4n) is 2.22. The molecule has 0 bridgehead atoms. The summed E-state index contributed by atoms with van der Waals surface area (Å²) in [6, 6.07) is 4.58. The largest absolute Gasteiger partial charge is 0.479 e. The van der Waals surface area contributed by atoms with Gasteiger partial charge in [-0.25, -0.2) is 4.79 Å². The minimum Gasteiger partial charge on any atom is -0.479 e. The zero-order valence-corrected chi connectivity index (χ0v) is 11.0. The van der Waals surface area contributed by atoms with E-state index in [4.69, 9.17) is 9.84 Å². The van der Waals surface area contributed by atoms with E-state index in [1.807, 2.05) is 0 Å². The van der Waals surface area contributed by atoms with Crippen LogP contribution in [0.4, 0.5) is 11.4 Å². The fraction of sp³-hybridized carbons (Fsp3) is 0.462. The molecule has 0 spiro atoms. The summed E-state index contributed by atoms with van der Waals surface area (Å²) in [5.74, 6) is -0.931. The Bertz CT molecular complexity index is 531. The number of hydrogen-bond acceptors (Lipinski definition) is 5. The lowest BCUT2D eigenvalue weighted by atomic mass is 10.1. The third kappa shape index (κ3) is 3.24. The first kappa shape index (κ1) is 14.3. The van der Waals surface area contributed by atoms with E-state index in [2.05, 4.69) is 5.32 Å². The third-order valence-electron chi connectivity index (χ3n) is 3.32. The van der Waals surface area contributed by atoms with Crippen molar-refractivity contribution in [1.29, 1.82) is 0 Å². The lowest BCUT2D eigenvalue weighted by Crippen LogP contribution is -2.24. The second kappa shape index (κ2) is 5.87. The van der Waals surface area contributed by atoms with Gasteiger partial charge in [-0.3, -0.25) is 10.1 Å². The zero-order valence-electron chi connectivity index (χ0n) is 11.0. The summed E-state index contributed by atoms with van der Waals surface area (Å²) < 4.78 is 5.38. The Hall–Kier alpha value is -2.15. The normalized spacial score (nSPS) is 21.6. The lowest BCUT2D eigenvalue weighted by molar-refractivity contribution is -0.384. The van der Waals surface area contributed by atoms with E-state index in [1.54, 1.807) is 13.0 Å². The highest BCUT2D eigenvalue weighted by atomic mass is 16.6. The van der Waals surface area contributed by atoms with Crippen molar-refractivity contribution in [2.75, 3.05) is 11.9 Å². The van der Waals surface area contributed by atoms with Crippen LogP contribution in [-0.4, -0.2) is 34.8 Å². The maximum absolute atomic E-state index is 10.8. The first-order valence-electron chi connectivity index (χ1n) is 6.34. The molecule has 0 aliphatic carbocycles. The van der Waals surface area contributed by atoms with Gasteiger partial charge in [0.15, 0.2) is 6.10 Å². The second-order valence-corrected chi connectivity index (χ2v) is 4.80. The third-order valence-corrected chi connectivity index (χ3v) is 3.32. The number of nitrogens with one attached hydrogen (secondary N) is 1. The Balaban J connectivity index is 1.92. The second-order valence-electron chi connectivity index (χ2n) is 4.80. The van der Waals surface area contributed by atoms with Crippen molar-refractivity contribution >= 4 is 17.3 Å². The minimum atomic E-state index is -0.931. The van der Waals surface area contributed by atoms with E-state index >= 15 is 0 Å². The number of benzene rings is 1. The van der Waals surface area contributed by atoms with Crippen molar-refractivity contribution in [3.8, 4) is 0 Å². The molecule has 108 valence electrons. The Morgan fingerprint density at radius 1 is 1.55 bits per heavy atom. The summed E-state index contributed by atoms with van der Waals surface area (Å²) in [5, 5.41) is 22.6. The molecule has 1 aliphatic rings. The number of nitrogens with zero attached hydrogens (tertiary/aromatic N) is 1. The molecule has 1 saturated heterocycles. The topological polar surface area (TPSA) is 102 Å². The maximum atomic E-state index is 10.8. The highest BCUT2D eigenvalue weighted by Gasteiger charge is 2.30. The molecular formula is C13H16N2O5. The Morgan fingerprint density at radius 2 is 2.30 bits per heavy atom. The van der Waals surface area contributed by atoms with Gasteiger partial charge in [0.25, 0.3) is 5.69 Å². The Labute approximate surface area is 115 Å². The number of anilines is 1. The summed E-state index contributed by atoms with van der Waals surface area (Å²) in [5.41, 5.74) is 1.61. The average molecular weight is 280 g/mol. The molecule has 2 unspecified atom stereocenters. The van der Waals surface area contributed by atoms with Crippen molar-refractivity contribution in [3.05, 3.63) is 33.9 Å². The Kier molecular flexibility index (Phi) is 4.19. The highest BCUT2D eigenvalue weighted by molar-refractivity contribution is 5.72. The van der Waals surface area contributed by atoms with E-state index in [0.29, 0.717) is 19.4 Å². The van der Waals surface area contributed by atoms with Gasteiger partial charge in [-0.2, -0.15) is 0 Å². The number of aliphatic carboxylic acids is 1. The van der Waals surface area contributed by atoms with Gasteiger partial charge in [-0.1, -0.05) is 0 Å². The number of nitro benzene ring substituents is 1. The smallest absolute Gasteiger partial charge is 0.332 e. The minimum absolute atomic E-state index is 0.0520. The molecular weight excluding hydrogens is 264 g/mol. The van der Waals surface area contributed by atoms with Crippen LogP contribution in [-0.2, 0) is 9.53 Å². The predicted molar refractivity (Wildman–Crippen MR) is 71.9 cm³/mol. The van der Waals surface area contributed by atoms with Gasteiger partial charge in [0.05, 0.1) is 11.0 Å². The number of carbonyl (C=O) groups is 1. The molecule has 2 atom stereocenters. The number of carboxylic acid groups (broad SMARTS) is 1. The van der Waals surface area contributed by atoms with E-state index < -0.39 is 17.0 Å². The zero-order chi connectivity index (χ0) is 14.7. The number of non-ortho nitro benzene ring substituents is 1. The summed E-state index contributed by atoms with van der Waals surface area (Å²) in [4.78, 5) is 21.0.